The smallest absolute Gasteiger partial charge is 0.225 e. The fourth-order valence-corrected chi connectivity index (χ4v) is 2.61. The lowest BCUT2D eigenvalue weighted by Crippen LogP contribution is -2.43. The normalized spacial score (nSPS) is 21.5. The molecular weight excluding hydrogens is 212 g/mol. The van der Waals surface area contributed by atoms with Crippen molar-refractivity contribution < 1.29 is 4.79 Å². The molecule has 2 atom stereocenters. The zero-order valence-electron chi connectivity index (χ0n) is 11.7. The summed E-state index contributed by atoms with van der Waals surface area (Å²) in [7, 11) is 0. The Balaban J connectivity index is 2.47. The first-order valence-electron chi connectivity index (χ1n) is 7.21. The van der Waals surface area contributed by atoms with Crippen molar-refractivity contribution in [1.82, 2.24) is 10.2 Å². The van der Waals surface area contributed by atoms with E-state index in [4.69, 9.17) is 0 Å². The highest BCUT2D eigenvalue weighted by atomic mass is 16.2. The molecule has 100 valence electrons. The summed E-state index contributed by atoms with van der Waals surface area (Å²) in [6, 6.07) is 0.527. The average Bonchev–Trinajstić information content (AvgIpc) is 2.80. The molecule has 1 N–H and O–H groups in total. The van der Waals surface area contributed by atoms with Crippen LogP contribution in [0.5, 0.6) is 0 Å². The first-order valence-corrected chi connectivity index (χ1v) is 7.21. The molecule has 1 heterocycles. The topological polar surface area (TPSA) is 32.3 Å². The van der Waals surface area contributed by atoms with E-state index in [9.17, 15) is 4.79 Å². The molecule has 0 bridgehead atoms. The van der Waals surface area contributed by atoms with Gasteiger partial charge in [0.05, 0.1) is 0 Å². The molecule has 0 aromatic carbocycles. The molecular formula is C14H28N2O. The Bertz CT molecular complexity index is 224. The molecule has 1 amide bonds. The second-order valence-corrected chi connectivity index (χ2v) is 5.27. The number of nitrogens with zero attached hydrogens (tertiary/aromatic N) is 1. The highest BCUT2D eigenvalue weighted by molar-refractivity contribution is 5.78. The largest absolute Gasteiger partial charge is 0.341 e. The first-order chi connectivity index (χ1) is 8.19. The molecule has 1 rings (SSSR count). The standard InChI is InChI=1S/C14H28N2O/c1-4-7-12(3)14(17)16(10-5-2)11-13-8-6-9-15-13/h12-13,15H,4-11H2,1-3H3. The summed E-state index contributed by atoms with van der Waals surface area (Å²) in [5.41, 5.74) is 0. The quantitative estimate of drug-likeness (QED) is 0.741. The minimum absolute atomic E-state index is 0.188. The highest BCUT2D eigenvalue weighted by Gasteiger charge is 2.23. The van der Waals surface area contributed by atoms with Gasteiger partial charge in [0.25, 0.3) is 0 Å². The maximum atomic E-state index is 12.3. The summed E-state index contributed by atoms with van der Waals surface area (Å²) in [6.07, 6.45) is 5.63. The van der Waals surface area contributed by atoms with Crippen LogP contribution in [0.1, 0.15) is 52.9 Å². The van der Waals surface area contributed by atoms with Crippen LogP contribution in [0.25, 0.3) is 0 Å². The van der Waals surface area contributed by atoms with Crippen LogP contribution < -0.4 is 5.32 Å². The van der Waals surface area contributed by atoms with Crippen LogP contribution in [0.3, 0.4) is 0 Å². The Kier molecular flexibility index (Phi) is 6.56. The fourth-order valence-electron chi connectivity index (χ4n) is 2.61. The lowest BCUT2D eigenvalue weighted by atomic mass is 10.0. The highest BCUT2D eigenvalue weighted by Crippen LogP contribution is 2.13. The first kappa shape index (κ1) is 14.5. The Hall–Kier alpha value is -0.570. The summed E-state index contributed by atoms with van der Waals surface area (Å²) >= 11 is 0. The molecule has 0 aromatic heterocycles. The third-order valence-electron chi connectivity index (χ3n) is 3.55. The van der Waals surface area contributed by atoms with Gasteiger partial charge in [0, 0.05) is 25.0 Å². The molecule has 0 spiro atoms. The second kappa shape index (κ2) is 7.70. The molecule has 0 aromatic rings. The Morgan fingerprint density at radius 3 is 2.71 bits per heavy atom. The summed E-state index contributed by atoms with van der Waals surface area (Å²) in [5.74, 6) is 0.537. The van der Waals surface area contributed by atoms with E-state index in [0.717, 1.165) is 38.9 Å². The molecule has 3 nitrogen and oxygen atoms in total. The number of rotatable bonds is 7. The molecule has 1 aliphatic rings. The van der Waals surface area contributed by atoms with Crippen molar-refractivity contribution in [1.29, 1.82) is 0 Å². The zero-order valence-corrected chi connectivity index (χ0v) is 11.7. The molecule has 0 radical (unpaired) electrons. The number of hydrogen-bond acceptors (Lipinski definition) is 2. The van der Waals surface area contributed by atoms with E-state index >= 15 is 0 Å². The van der Waals surface area contributed by atoms with E-state index in [0.29, 0.717) is 11.9 Å². The fraction of sp³-hybridized carbons (Fsp3) is 0.929. The van der Waals surface area contributed by atoms with Gasteiger partial charge in [-0.05, 0) is 32.2 Å². The summed E-state index contributed by atoms with van der Waals surface area (Å²) < 4.78 is 0. The number of amides is 1. The van der Waals surface area contributed by atoms with Gasteiger partial charge in [-0.25, -0.2) is 0 Å². The van der Waals surface area contributed by atoms with Crippen molar-refractivity contribution in [3.05, 3.63) is 0 Å². The molecule has 0 aliphatic carbocycles. The zero-order chi connectivity index (χ0) is 12.7. The second-order valence-electron chi connectivity index (χ2n) is 5.27. The van der Waals surface area contributed by atoms with Crippen molar-refractivity contribution in [3.8, 4) is 0 Å². The maximum absolute atomic E-state index is 12.3. The number of nitrogens with one attached hydrogen (secondary N) is 1. The minimum Gasteiger partial charge on any atom is -0.341 e. The third kappa shape index (κ3) is 4.66. The molecule has 17 heavy (non-hydrogen) atoms. The van der Waals surface area contributed by atoms with Crippen LogP contribution in [0.15, 0.2) is 0 Å². The Morgan fingerprint density at radius 1 is 1.41 bits per heavy atom. The predicted molar refractivity (Wildman–Crippen MR) is 72.0 cm³/mol. The molecule has 0 saturated carbocycles. The lowest BCUT2D eigenvalue weighted by molar-refractivity contribution is -0.135. The average molecular weight is 240 g/mol. The van der Waals surface area contributed by atoms with E-state index in [1.54, 1.807) is 0 Å². The SMILES string of the molecule is CCCC(C)C(=O)N(CCC)CC1CCCN1. The van der Waals surface area contributed by atoms with Crippen LogP contribution in [0, 0.1) is 5.92 Å². The van der Waals surface area contributed by atoms with Crippen molar-refractivity contribution in [2.75, 3.05) is 19.6 Å². The Labute approximate surface area is 106 Å². The van der Waals surface area contributed by atoms with E-state index in [2.05, 4.69) is 31.0 Å². The van der Waals surface area contributed by atoms with E-state index in [1.165, 1.54) is 12.8 Å². The van der Waals surface area contributed by atoms with Gasteiger partial charge in [0.15, 0.2) is 0 Å². The molecule has 1 saturated heterocycles. The van der Waals surface area contributed by atoms with Gasteiger partial charge in [0.2, 0.25) is 5.91 Å². The maximum Gasteiger partial charge on any atom is 0.225 e. The summed E-state index contributed by atoms with van der Waals surface area (Å²) in [5, 5.41) is 3.48. The van der Waals surface area contributed by atoms with Crippen LogP contribution >= 0.6 is 0 Å². The van der Waals surface area contributed by atoms with Gasteiger partial charge in [-0.2, -0.15) is 0 Å². The molecule has 2 unspecified atom stereocenters. The lowest BCUT2D eigenvalue weighted by Gasteiger charge is -2.28. The van der Waals surface area contributed by atoms with Crippen molar-refractivity contribution in [2.45, 2.75) is 58.9 Å². The van der Waals surface area contributed by atoms with Gasteiger partial charge < -0.3 is 10.2 Å². The van der Waals surface area contributed by atoms with Crippen LogP contribution in [0.2, 0.25) is 0 Å². The molecule has 1 aliphatic heterocycles. The van der Waals surface area contributed by atoms with Gasteiger partial charge in [-0.15, -0.1) is 0 Å². The van der Waals surface area contributed by atoms with Crippen LogP contribution in [-0.4, -0.2) is 36.5 Å². The van der Waals surface area contributed by atoms with Crippen LogP contribution in [0.4, 0.5) is 0 Å². The van der Waals surface area contributed by atoms with Gasteiger partial charge >= 0.3 is 0 Å². The van der Waals surface area contributed by atoms with Gasteiger partial charge in [-0.3, -0.25) is 4.79 Å². The van der Waals surface area contributed by atoms with Gasteiger partial charge in [0.1, 0.15) is 0 Å². The van der Waals surface area contributed by atoms with Crippen LogP contribution in [-0.2, 0) is 4.79 Å². The third-order valence-corrected chi connectivity index (χ3v) is 3.55. The minimum atomic E-state index is 0.188. The Morgan fingerprint density at radius 2 is 2.18 bits per heavy atom. The number of hydrogen-bond donors (Lipinski definition) is 1. The van der Waals surface area contributed by atoms with E-state index in [1.807, 2.05) is 0 Å². The van der Waals surface area contributed by atoms with Crippen molar-refractivity contribution >= 4 is 5.91 Å². The summed E-state index contributed by atoms with van der Waals surface area (Å²) in [6.45, 7) is 9.28. The van der Waals surface area contributed by atoms with E-state index in [-0.39, 0.29) is 5.92 Å². The predicted octanol–water partition coefficient (Wildman–Crippen LogP) is 2.41. The number of carbonyl (C=O) groups excluding carboxylic acids is 1. The molecule has 3 heteroatoms. The van der Waals surface area contributed by atoms with E-state index < -0.39 is 0 Å². The van der Waals surface area contributed by atoms with Crippen molar-refractivity contribution in [2.24, 2.45) is 5.92 Å². The number of carbonyl (C=O) groups is 1. The van der Waals surface area contributed by atoms with Gasteiger partial charge in [-0.1, -0.05) is 27.2 Å². The van der Waals surface area contributed by atoms with Crippen molar-refractivity contribution in [3.63, 3.8) is 0 Å². The molecule has 1 fully saturated rings. The summed E-state index contributed by atoms with van der Waals surface area (Å²) in [4.78, 5) is 14.4. The monoisotopic (exact) mass is 240 g/mol.